The summed E-state index contributed by atoms with van der Waals surface area (Å²) in [6.45, 7) is 5.94. The molecule has 1 saturated carbocycles. The first-order chi connectivity index (χ1) is 12.7. The van der Waals surface area contributed by atoms with Gasteiger partial charge in [-0.15, -0.1) is 0 Å². The highest BCUT2D eigenvalue weighted by Gasteiger charge is 2.35. The van der Waals surface area contributed by atoms with Crippen molar-refractivity contribution < 1.29 is 14.6 Å². The van der Waals surface area contributed by atoms with Crippen LogP contribution in [0, 0.1) is 5.92 Å². The monoisotopic (exact) mass is 359 g/mol. The van der Waals surface area contributed by atoms with Crippen LogP contribution in [-0.4, -0.2) is 72.7 Å². The number of ether oxygens (including phenoxy) is 1. The van der Waals surface area contributed by atoms with Crippen LogP contribution >= 0.6 is 0 Å². The quantitative estimate of drug-likeness (QED) is 0.822. The Kier molecular flexibility index (Phi) is 5.43. The average molecular weight is 359 g/mol. The van der Waals surface area contributed by atoms with Crippen molar-refractivity contribution in [2.24, 2.45) is 5.92 Å². The van der Waals surface area contributed by atoms with Crippen molar-refractivity contribution in [3.63, 3.8) is 0 Å². The van der Waals surface area contributed by atoms with E-state index in [1.807, 2.05) is 24.3 Å². The summed E-state index contributed by atoms with van der Waals surface area (Å²) < 4.78 is 5.85. The minimum atomic E-state index is -0.492. The first-order valence-electron chi connectivity index (χ1n) is 9.86. The molecule has 4 rings (SSSR count). The van der Waals surface area contributed by atoms with Crippen LogP contribution in [0.15, 0.2) is 24.3 Å². The van der Waals surface area contributed by atoms with Crippen molar-refractivity contribution >= 4 is 5.91 Å². The molecule has 26 heavy (non-hydrogen) atoms. The maximum atomic E-state index is 11.9. The topological polar surface area (TPSA) is 65.0 Å². The molecule has 0 bridgehead atoms. The predicted molar refractivity (Wildman–Crippen MR) is 99.0 cm³/mol. The van der Waals surface area contributed by atoms with Gasteiger partial charge < -0.3 is 15.2 Å². The zero-order chi connectivity index (χ0) is 17.9. The number of carbonyl (C=O) groups excluding carboxylic acids is 1. The maximum absolute atomic E-state index is 11.9. The Hall–Kier alpha value is -1.63. The average Bonchev–Trinajstić information content (AvgIpc) is 2.62. The highest BCUT2D eigenvalue weighted by Crippen LogP contribution is 2.34. The smallest absolute Gasteiger partial charge is 0.223 e. The Balaban J connectivity index is 1.22. The van der Waals surface area contributed by atoms with Crippen LogP contribution in [0.5, 0.6) is 5.75 Å². The summed E-state index contributed by atoms with van der Waals surface area (Å²) >= 11 is 0. The highest BCUT2D eigenvalue weighted by atomic mass is 16.5. The number of nitrogens with one attached hydrogen (secondary N) is 1. The lowest BCUT2D eigenvalue weighted by atomic mass is 9.85. The fourth-order valence-corrected chi connectivity index (χ4v) is 4.11. The van der Waals surface area contributed by atoms with E-state index in [1.54, 1.807) is 0 Å². The van der Waals surface area contributed by atoms with Crippen LogP contribution in [0.4, 0.5) is 0 Å². The summed E-state index contributed by atoms with van der Waals surface area (Å²) in [7, 11) is 0. The van der Waals surface area contributed by atoms with Gasteiger partial charge in [-0.25, -0.2) is 0 Å². The van der Waals surface area contributed by atoms with Crippen molar-refractivity contribution in [3.05, 3.63) is 29.8 Å². The first-order valence-corrected chi connectivity index (χ1v) is 9.86. The van der Waals surface area contributed by atoms with Crippen LogP contribution in [0.25, 0.3) is 0 Å². The molecule has 2 N–H and O–H groups in total. The second-order valence-corrected chi connectivity index (χ2v) is 7.66. The van der Waals surface area contributed by atoms with Gasteiger partial charge in [0.15, 0.2) is 0 Å². The van der Waals surface area contributed by atoms with Crippen molar-refractivity contribution in [1.29, 1.82) is 0 Å². The lowest BCUT2D eigenvalue weighted by molar-refractivity contribution is -0.127. The van der Waals surface area contributed by atoms with E-state index in [1.165, 1.54) is 6.42 Å². The largest absolute Gasteiger partial charge is 0.491 e. The molecule has 0 unspecified atom stereocenters. The van der Waals surface area contributed by atoms with Gasteiger partial charge in [0.25, 0.3) is 0 Å². The van der Waals surface area contributed by atoms with E-state index < -0.39 is 6.10 Å². The zero-order valence-corrected chi connectivity index (χ0v) is 15.3. The van der Waals surface area contributed by atoms with Gasteiger partial charge in [0.2, 0.25) is 5.91 Å². The second kappa shape index (κ2) is 7.94. The molecule has 1 aromatic rings. The Morgan fingerprint density at radius 1 is 1.19 bits per heavy atom. The molecule has 6 heteroatoms. The molecule has 6 nitrogen and oxygen atoms in total. The van der Waals surface area contributed by atoms with E-state index in [9.17, 15) is 9.90 Å². The number of hydrogen-bond donors (Lipinski definition) is 2. The molecule has 2 fully saturated rings. The van der Waals surface area contributed by atoms with E-state index in [-0.39, 0.29) is 17.9 Å². The number of aliphatic hydroxyl groups is 1. The molecule has 1 aliphatic carbocycles. The van der Waals surface area contributed by atoms with E-state index in [0.29, 0.717) is 6.61 Å². The van der Waals surface area contributed by atoms with Crippen molar-refractivity contribution in [3.8, 4) is 5.75 Å². The van der Waals surface area contributed by atoms with Gasteiger partial charge in [0.1, 0.15) is 18.5 Å². The Labute approximate surface area is 155 Å². The normalized spacial score (nSPS) is 27.3. The van der Waals surface area contributed by atoms with Crippen LogP contribution in [-0.2, 0) is 4.79 Å². The SMILES string of the molecule is O=C(NCCN1CCN([C@@H]2COc3ccccc3[C@@H]2O)CC1)C1CCC1. The van der Waals surface area contributed by atoms with Gasteiger partial charge in [-0.05, 0) is 18.9 Å². The lowest BCUT2D eigenvalue weighted by Gasteiger charge is -2.42. The van der Waals surface area contributed by atoms with Crippen molar-refractivity contribution in [2.45, 2.75) is 31.4 Å². The number of hydrogen-bond acceptors (Lipinski definition) is 5. The van der Waals surface area contributed by atoms with E-state index in [4.69, 9.17) is 4.74 Å². The number of benzene rings is 1. The molecule has 3 aliphatic rings. The second-order valence-electron chi connectivity index (χ2n) is 7.66. The Morgan fingerprint density at radius 2 is 1.96 bits per heavy atom. The molecular formula is C20H29N3O3. The number of fused-ring (bicyclic) bond motifs is 1. The van der Waals surface area contributed by atoms with Gasteiger partial charge in [-0.1, -0.05) is 24.6 Å². The number of carbonyl (C=O) groups is 1. The number of nitrogens with zero attached hydrogens (tertiary/aromatic N) is 2. The molecule has 142 valence electrons. The number of aliphatic hydroxyl groups excluding tert-OH is 1. The Morgan fingerprint density at radius 3 is 2.69 bits per heavy atom. The molecule has 0 aromatic heterocycles. The molecule has 2 atom stereocenters. The Bertz CT molecular complexity index is 626. The maximum Gasteiger partial charge on any atom is 0.223 e. The van der Waals surface area contributed by atoms with Crippen molar-refractivity contribution in [2.75, 3.05) is 45.9 Å². The summed E-state index contributed by atoms with van der Waals surface area (Å²) in [6, 6.07) is 7.78. The minimum absolute atomic E-state index is 0.0189. The third-order valence-corrected chi connectivity index (χ3v) is 6.09. The van der Waals surface area contributed by atoms with Crippen LogP contribution in [0.2, 0.25) is 0 Å². The number of amides is 1. The van der Waals surface area contributed by atoms with Gasteiger partial charge >= 0.3 is 0 Å². The fraction of sp³-hybridized carbons (Fsp3) is 0.650. The third kappa shape index (κ3) is 3.72. The summed E-state index contributed by atoms with van der Waals surface area (Å²) in [5.41, 5.74) is 0.893. The highest BCUT2D eigenvalue weighted by molar-refractivity contribution is 5.79. The molecule has 0 radical (unpaired) electrons. The molecule has 2 aliphatic heterocycles. The van der Waals surface area contributed by atoms with Crippen LogP contribution in [0.1, 0.15) is 30.9 Å². The number of rotatable bonds is 5. The standard InChI is InChI=1S/C20H29N3O3/c24-19-16-6-1-2-7-18(16)26-14-17(19)23-12-10-22(11-13-23)9-8-21-20(25)15-4-3-5-15/h1-2,6-7,15,17,19,24H,3-5,8-14H2,(H,21,25)/t17-,19+/m1/s1. The van der Waals surface area contributed by atoms with Crippen molar-refractivity contribution in [1.82, 2.24) is 15.1 Å². The fourth-order valence-electron chi connectivity index (χ4n) is 4.11. The zero-order valence-electron chi connectivity index (χ0n) is 15.3. The first kappa shape index (κ1) is 17.8. The lowest BCUT2D eigenvalue weighted by Crippen LogP contribution is -2.55. The van der Waals surface area contributed by atoms with Crippen LogP contribution in [0.3, 0.4) is 0 Å². The molecular weight excluding hydrogens is 330 g/mol. The van der Waals surface area contributed by atoms with E-state index in [0.717, 1.165) is 63.4 Å². The minimum Gasteiger partial charge on any atom is -0.491 e. The third-order valence-electron chi connectivity index (χ3n) is 6.09. The molecule has 0 spiro atoms. The van der Waals surface area contributed by atoms with E-state index in [2.05, 4.69) is 15.1 Å². The van der Waals surface area contributed by atoms with Gasteiger partial charge in [0, 0.05) is 50.7 Å². The molecule has 1 saturated heterocycles. The van der Waals surface area contributed by atoms with Gasteiger partial charge in [-0.2, -0.15) is 0 Å². The van der Waals surface area contributed by atoms with Crippen LogP contribution < -0.4 is 10.1 Å². The summed E-state index contributed by atoms with van der Waals surface area (Å²) in [5, 5.41) is 13.8. The summed E-state index contributed by atoms with van der Waals surface area (Å²) in [5.74, 6) is 1.30. The molecule has 1 aromatic carbocycles. The number of para-hydroxylation sites is 1. The van der Waals surface area contributed by atoms with Gasteiger partial charge in [0.05, 0.1) is 6.04 Å². The van der Waals surface area contributed by atoms with E-state index >= 15 is 0 Å². The predicted octanol–water partition coefficient (Wildman–Crippen LogP) is 1.01. The summed E-state index contributed by atoms with van der Waals surface area (Å²) in [6.07, 6.45) is 2.81. The molecule has 2 heterocycles. The summed E-state index contributed by atoms with van der Waals surface area (Å²) in [4.78, 5) is 16.6. The molecule has 1 amide bonds. The van der Waals surface area contributed by atoms with Gasteiger partial charge in [-0.3, -0.25) is 14.6 Å². The number of piperazine rings is 1.